The molecule has 0 amide bonds. The highest BCUT2D eigenvalue weighted by Gasteiger charge is 2.04. The summed E-state index contributed by atoms with van der Waals surface area (Å²) in [4.78, 5) is 4.40. The maximum atomic E-state index is 4.40. The van der Waals surface area contributed by atoms with E-state index in [-0.39, 0.29) is 0 Å². The van der Waals surface area contributed by atoms with E-state index in [0.29, 0.717) is 0 Å². The van der Waals surface area contributed by atoms with Crippen molar-refractivity contribution in [1.82, 2.24) is 4.98 Å². The van der Waals surface area contributed by atoms with Gasteiger partial charge in [0.05, 0.1) is 0 Å². The third-order valence-electron chi connectivity index (χ3n) is 1.97. The van der Waals surface area contributed by atoms with E-state index in [4.69, 9.17) is 0 Å². The fourth-order valence-corrected chi connectivity index (χ4v) is 1.30. The van der Waals surface area contributed by atoms with E-state index in [1.807, 2.05) is 31.3 Å². The van der Waals surface area contributed by atoms with Gasteiger partial charge in [-0.2, -0.15) is 0 Å². The number of nitrogens with zero attached hydrogens (tertiary/aromatic N) is 2. The summed E-state index contributed by atoms with van der Waals surface area (Å²) in [5, 5.41) is 0. The summed E-state index contributed by atoms with van der Waals surface area (Å²) in [6, 6.07) is 8.13. The number of aromatic nitrogens is 2. The Morgan fingerprint density at radius 1 is 1.17 bits per heavy atom. The molecule has 0 fully saturated rings. The van der Waals surface area contributed by atoms with E-state index < -0.39 is 0 Å². The topological polar surface area (TPSA) is 17.0 Å². The number of aryl methyl sites for hydroxylation is 2. The third kappa shape index (κ3) is 1.05. The third-order valence-corrected chi connectivity index (χ3v) is 1.97. The van der Waals surface area contributed by atoms with Crippen LogP contribution in [0, 0.1) is 13.8 Å². The Kier molecular flexibility index (Phi) is 1.54. The zero-order valence-electron chi connectivity index (χ0n) is 7.28. The van der Waals surface area contributed by atoms with Crippen LogP contribution >= 0.6 is 0 Å². The normalized spacial score (nSPS) is 10.5. The fourth-order valence-electron chi connectivity index (χ4n) is 1.30. The Balaban J connectivity index is 2.86. The molecule has 0 unspecified atom stereocenters. The summed E-state index contributed by atoms with van der Waals surface area (Å²) in [5.41, 5.74) is 3.27. The molecule has 0 aliphatic carbocycles. The van der Waals surface area contributed by atoms with Crippen LogP contribution in [-0.4, -0.2) is 4.98 Å². The van der Waals surface area contributed by atoms with E-state index in [2.05, 4.69) is 22.4 Å². The summed E-state index contributed by atoms with van der Waals surface area (Å²) in [6.07, 6.45) is 2.05. The number of hydrogen-bond acceptors (Lipinski definition) is 1. The second-order valence-electron chi connectivity index (χ2n) is 2.96. The molecule has 0 saturated carbocycles. The maximum absolute atomic E-state index is 4.40. The second-order valence-corrected chi connectivity index (χ2v) is 2.96. The van der Waals surface area contributed by atoms with Gasteiger partial charge in [-0.15, -0.1) is 0 Å². The lowest BCUT2D eigenvalue weighted by Crippen LogP contribution is -2.26. The molecule has 0 aromatic carbocycles. The smallest absolute Gasteiger partial charge is 0.201 e. The zero-order chi connectivity index (χ0) is 8.55. The second kappa shape index (κ2) is 2.55. The van der Waals surface area contributed by atoms with E-state index in [1.54, 1.807) is 0 Å². The minimum atomic E-state index is 1.01. The van der Waals surface area contributed by atoms with Crippen LogP contribution in [0.2, 0.25) is 0 Å². The van der Waals surface area contributed by atoms with Gasteiger partial charge in [-0.1, -0.05) is 6.07 Å². The van der Waals surface area contributed by atoms with Crippen molar-refractivity contribution in [1.29, 1.82) is 0 Å². The van der Waals surface area contributed by atoms with Crippen LogP contribution in [0.5, 0.6) is 0 Å². The van der Waals surface area contributed by atoms with Crippen molar-refractivity contribution < 1.29 is 4.40 Å². The molecule has 2 heterocycles. The van der Waals surface area contributed by atoms with Gasteiger partial charge in [-0.3, -0.25) is 0 Å². The number of hydrogen-bond donors (Lipinski definition) is 0. The van der Waals surface area contributed by atoms with E-state index in [9.17, 15) is 0 Å². The Morgan fingerprint density at radius 2 is 2.00 bits per heavy atom. The molecule has 2 heteroatoms. The van der Waals surface area contributed by atoms with E-state index in [0.717, 1.165) is 11.3 Å². The summed E-state index contributed by atoms with van der Waals surface area (Å²) in [7, 11) is 0. The van der Waals surface area contributed by atoms with Crippen molar-refractivity contribution in [2.45, 2.75) is 13.8 Å². The first-order chi connectivity index (χ1) is 5.77. The van der Waals surface area contributed by atoms with Crippen LogP contribution in [0.15, 0.2) is 30.5 Å². The summed E-state index contributed by atoms with van der Waals surface area (Å²) in [6.45, 7) is 4.08. The van der Waals surface area contributed by atoms with E-state index in [1.165, 1.54) is 5.69 Å². The number of pyridine rings is 1. The SMILES string of the molecule is Cc1cc[n+]2c(C)cccc2n1. The van der Waals surface area contributed by atoms with Gasteiger partial charge < -0.3 is 0 Å². The van der Waals surface area contributed by atoms with Crippen molar-refractivity contribution >= 4 is 5.65 Å². The van der Waals surface area contributed by atoms with Crippen molar-refractivity contribution in [2.24, 2.45) is 0 Å². The van der Waals surface area contributed by atoms with Gasteiger partial charge in [0.25, 0.3) is 0 Å². The van der Waals surface area contributed by atoms with Crippen molar-refractivity contribution in [3.05, 3.63) is 41.9 Å². The Morgan fingerprint density at radius 3 is 2.83 bits per heavy atom. The average Bonchev–Trinajstić information content (AvgIpc) is 2.04. The standard InChI is InChI=1S/C10H11N2/c1-8-6-7-12-9(2)4-3-5-10(12)11-8/h3-7H,1-2H3/q+1. The monoisotopic (exact) mass is 159 g/mol. The molecule has 2 aromatic rings. The van der Waals surface area contributed by atoms with Crippen molar-refractivity contribution in [2.75, 3.05) is 0 Å². The molecule has 0 aliphatic heterocycles. The lowest BCUT2D eigenvalue weighted by atomic mass is 10.3. The highest BCUT2D eigenvalue weighted by Crippen LogP contribution is 1.96. The summed E-state index contributed by atoms with van der Waals surface area (Å²) < 4.78 is 2.08. The van der Waals surface area contributed by atoms with Crippen LogP contribution in [0.1, 0.15) is 11.4 Å². The molecule has 2 nitrogen and oxygen atoms in total. The molecular weight excluding hydrogens is 148 g/mol. The molecule has 0 aliphatic rings. The molecule has 0 atom stereocenters. The van der Waals surface area contributed by atoms with Gasteiger partial charge >= 0.3 is 5.65 Å². The number of rotatable bonds is 0. The summed E-state index contributed by atoms with van der Waals surface area (Å²) in [5.74, 6) is 0. The van der Waals surface area contributed by atoms with Gasteiger partial charge in [0, 0.05) is 19.1 Å². The Bertz CT molecular complexity index is 421. The molecule has 0 bridgehead atoms. The van der Waals surface area contributed by atoms with Gasteiger partial charge in [0.2, 0.25) is 0 Å². The number of fused-ring (bicyclic) bond motifs is 1. The van der Waals surface area contributed by atoms with Crippen LogP contribution in [0.3, 0.4) is 0 Å². The van der Waals surface area contributed by atoms with Gasteiger partial charge in [0.15, 0.2) is 5.69 Å². The first-order valence-electron chi connectivity index (χ1n) is 4.02. The van der Waals surface area contributed by atoms with E-state index >= 15 is 0 Å². The highest BCUT2D eigenvalue weighted by molar-refractivity contribution is 5.29. The Labute approximate surface area is 71.5 Å². The molecule has 0 radical (unpaired) electrons. The first-order valence-corrected chi connectivity index (χ1v) is 4.02. The molecule has 0 spiro atoms. The summed E-state index contributed by atoms with van der Waals surface area (Å²) >= 11 is 0. The molecule has 2 rings (SSSR count). The Hall–Kier alpha value is -1.44. The first kappa shape index (κ1) is 7.22. The molecule has 2 aromatic heterocycles. The maximum Gasteiger partial charge on any atom is 0.328 e. The van der Waals surface area contributed by atoms with Crippen molar-refractivity contribution in [3.8, 4) is 0 Å². The predicted molar refractivity (Wildman–Crippen MR) is 46.9 cm³/mol. The molecular formula is C10H11N2+. The molecule has 60 valence electrons. The van der Waals surface area contributed by atoms with Gasteiger partial charge in [-0.05, 0) is 18.0 Å². The largest absolute Gasteiger partial charge is 0.328 e. The van der Waals surface area contributed by atoms with Crippen LogP contribution in [-0.2, 0) is 0 Å². The zero-order valence-corrected chi connectivity index (χ0v) is 7.28. The minimum absolute atomic E-state index is 1.01. The van der Waals surface area contributed by atoms with Crippen molar-refractivity contribution in [3.63, 3.8) is 0 Å². The fraction of sp³-hybridized carbons (Fsp3) is 0.200. The quantitative estimate of drug-likeness (QED) is 0.531. The predicted octanol–water partition coefficient (Wildman–Crippen LogP) is 1.44. The molecule has 0 N–H and O–H groups in total. The molecule has 0 saturated heterocycles. The van der Waals surface area contributed by atoms with Crippen LogP contribution < -0.4 is 4.40 Å². The lowest BCUT2D eigenvalue weighted by Gasteiger charge is -1.94. The average molecular weight is 159 g/mol. The minimum Gasteiger partial charge on any atom is -0.201 e. The lowest BCUT2D eigenvalue weighted by molar-refractivity contribution is -0.522. The molecule has 12 heavy (non-hydrogen) atoms. The van der Waals surface area contributed by atoms with Gasteiger partial charge in [0.1, 0.15) is 11.9 Å². The highest BCUT2D eigenvalue weighted by atomic mass is 15.0. The van der Waals surface area contributed by atoms with Crippen LogP contribution in [0.25, 0.3) is 5.65 Å². The van der Waals surface area contributed by atoms with Gasteiger partial charge in [-0.25, -0.2) is 4.40 Å². The van der Waals surface area contributed by atoms with Crippen LogP contribution in [0.4, 0.5) is 0 Å².